The lowest BCUT2D eigenvalue weighted by Gasteiger charge is -2.37. The minimum Gasteiger partial charge on any atom is -0.383 e. The molecule has 0 bridgehead atoms. The summed E-state index contributed by atoms with van der Waals surface area (Å²) in [7, 11) is 0. The molecule has 0 saturated carbocycles. The molecule has 3 aromatic rings. The zero-order valence-corrected chi connectivity index (χ0v) is 19.4. The van der Waals surface area contributed by atoms with Gasteiger partial charge in [0.25, 0.3) is 5.91 Å². The van der Waals surface area contributed by atoms with Gasteiger partial charge in [-0.05, 0) is 48.7 Å². The zero-order valence-electron chi connectivity index (χ0n) is 18.6. The van der Waals surface area contributed by atoms with E-state index in [0.717, 1.165) is 26.2 Å². The van der Waals surface area contributed by atoms with Gasteiger partial charge >= 0.3 is 0 Å². The fourth-order valence-corrected chi connectivity index (χ4v) is 4.07. The summed E-state index contributed by atoms with van der Waals surface area (Å²) in [6.45, 7) is 7.65. The summed E-state index contributed by atoms with van der Waals surface area (Å²) >= 11 is 5.79. The molecule has 0 aliphatic carbocycles. The Kier molecular flexibility index (Phi) is 6.65. The van der Waals surface area contributed by atoms with Crippen molar-refractivity contribution < 1.29 is 9.18 Å². The highest BCUT2D eigenvalue weighted by atomic mass is 35.5. The number of nitrogens with zero attached hydrogens (tertiary/aromatic N) is 4. The number of rotatable bonds is 5. The summed E-state index contributed by atoms with van der Waals surface area (Å²) in [4.78, 5) is 25.7. The van der Waals surface area contributed by atoms with E-state index < -0.39 is 11.7 Å². The maximum atomic E-state index is 13.3. The number of nitrogens with one attached hydrogen (secondary N) is 1. The van der Waals surface area contributed by atoms with Crippen LogP contribution < -0.4 is 20.9 Å². The van der Waals surface area contributed by atoms with Gasteiger partial charge in [-0.2, -0.15) is 4.98 Å². The minimum absolute atomic E-state index is 0.00612. The molecule has 4 rings (SSSR count). The van der Waals surface area contributed by atoms with Crippen molar-refractivity contribution in [3.8, 4) is 0 Å². The lowest BCUT2D eigenvalue weighted by molar-refractivity contribution is 0.0951. The zero-order chi connectivity index (χ0) is 23.5. The lowest BCUT2D eigenvalue weighted by atomic mass is 10.1. The molecule has 7 nitrogen and oxygen atoms in total. The third kappa shape index (κ3) is 5.01. The average Bonchev–Trinajstić information content (AvgIpc) is 2.81. The summed E-state index contributed by atoms with van der Waals surface area (Å²) in [6.07, 6.45) is 1.45. The molecule has 9 heteroatoms. The Hall–Kier alpha value is -3.39. The van der Waals surface area contributed by atoms with E-state index in [1.54, 1.807) is 6.07 Å². The van der Waals surface area contributed by atoms with Crippen molar-refractivity contribution in [3.05, 3.63) is 75.7 Å². The molecule has 2 aromatic carbocycles. The third-order valence-corrected chi connectivity index (χ3v) is 6.26. The highest BCUT2D eigenvalue weighted by molar-refractivity contribution is 6.30. The number of carbonyl (C=O) groups excluding carboxylic acids is 1. The van der Waals surface area contributed by atoms with Crippen LogP contribution in [0.2, 0.25) is 5.02 Å². The molecule has 3 N–H and O–H groups in total. The SMILES string of the molecule is Cc1cccc(N2CCN(c3ncc(C(=O)NCc4ccc(F)c(Cl)c4)c(N)n3)CC2)c1C. The number of carbonyl (C=O) groups is 1. The van der Waals surface area contributed by atoms with Crippen LogP contribution in [0.25, 0.3) is 0 Å². The van der Waals surface area contributed by atoms with E-state index in [9.17, 15) is 9.18 Å². The standard InChI is InChI=1S/C24H26ClFN6O/c1-15-4-3-5-21(16(15)2)31-8-10-32(11-9-31)24-29-14-18(22(27)30-24)23(33)28-13-17-6-7-20(26)19(25)12-17/h3-7,12,14H,8-11,13H2,1-2H3,(H,28,33)(H2,27,29,30). The van der Waals surface area contributed by atoms with Gasteiger partial charge in [0.15, 0.2) is 0 Å². The molecule has 0 atom stereocenters. The molecule has 1 aliphatic rings. The highest BCUT2D eigenvalue weighted by Gasteiger charge is 2.22. The van der Waals surface area contributed by atoms with E-state index >= 15 is 0 Å². The maximum Gasteiger partial charge on any atom is 0.256 e. The molecule has 1 amide bonds. The first-order chi connectivity index (χ1) is 15.8. The van der Waals surface area contributed by atoms with Crippen molar-refractivity contribution >= 4 is 35.0 Å². The van der Waals surface area contributed by atoms with Gasteiger partial charge in [-0.15, -0.1) is 0 Å². The largest absolute Gasteiger partial charge is 0.383 e. The lowest BCUT2D eigenvalue weighted by Crippen LogP contribution is -2.47. The van der Waals surface area contributed by atoms with Crippen LogP contribution in [0.3, 0.4) is 0 Å². The van der Waals surface area contributed by atoms with E-state index in [-0.39, 0.29) is 22.9 Å². The van der Waals surface area contributed by atoms with E-state index in [0.29, 0.717) is 11.5 Å². The van der Waals surface area contributed by atoms with E-state index in [1.807, 2.05) is 0 Å². The van der Waals surface area contributed by atoms with Gasteiger partial charge in [0.1, 0.15) is 11.6 Å². The fourth-order valence-electron chi connectivity index (χ4n) is 3.87. The second-order valence-electron chi connectivity index (χ2n) is 8.09. The molecule has 172 valence electrons. The molecule has 2 heterocycles. The molecule has 0 radical (unpaired) electrons. The normalized spacial score (nSPS) is 13.8. The number of anilines is 3. The molecular weight excluding hydrogens is 443 g/mol. The molecule has 1 aliphatic heterocycles. The van der Waals surface area contributed by atoms with E-state index in [4.69, 9.17) is 17.3 Å². The van der Waals surface area contributed by atoms with Crippen molar-refractivity contribution in [3.63, 3.8) is 0 Å². The minimum atomic E-state index is -0.505. The van der Waals surface area contributed by atoms with Crippen molar-refractivity contribution in [1.29, 1.82) is 0 Å². The number of nitrogen functional groups attached to an aromatic ring is 1. The van der Waals surface area contributed by atoms with Crippen LogP contribution in [-0.2, 0) is 6.54 Å². The number of aryl methyl sites for hydroxylation is 1. The van der Waals surface area contributed by atoms with E-state index in [2.05, 4.69) is 57.1 Å². The summed E-state index contributed by atoms with van der Waals surface area (Å²) in [6, 6.07) is 10.6. The topological polar surface area (TPSA) is 87.4 Å². The van der Waals surface area contributed by atoms with Gasteiger partial charge in [-0.3, -0.25) is 4.79 Å². The molecule has 33 heavy (non-hydrogen) atoms. The van der Waals surface area contributed by atoms with Gasteiger partial charge in [0, 0.05) is 44.6 Å². The molecular formula is C24H26ClFN6O. The number of amides is 1. The number of nitrogens with two attached hydrogens (primary N) is 1. The van der Waals surface area contributed by atoms with Gasteiger partial charge in [-0.25, -0.2) is 9.37 Å². The number of benzene rings is 2. The van der Waals surface area contributed by atoms with Crippen molar-refractivity contribution in [2.24, 2.45) is 0 Å². The molecule has 1 fully saturated rings. The van der Waals surface area contributed by atoms with Gasteiger partial charge < -0.3 is 20.9 Å². The average molecular weight is 469 g/mol. The second kappa shape index (κ2) is 9.62. The highest BCUT2D eigenvalue weighted by Crippen LogP contribution is 2.25. The Morgan fingerprint density at radius 3 is 2.58 bits per heavy atom. The Morgan fingerprint density at radius 2 is 1.88 bits per heavy atom. The van der Waals surface area contributed by atoms with Crippen LogP contribution in [0, 0.1) is 19.7 Å². The summed E-state index contributed by atoms with van der Waals surface area (Å²) < 4.78 is 13.3. The van der Waals surface area contributed by atoms with Crippen molar-refractivity contribution in [1.82, 2.24) is 15.3 Å². The Bertz CT molecular complexity index is 1180. The first-order valence-electron chi connectivity index (χ1n) is 10.7. The predicted octanol–water partition coefficient (Wildman–Crippen LogP) is 3.72. The Labute approximate surface area is 197 Å². The first kappa shape index (κ1) is 22.8. The third-order valence-electron chi connectivity index (χ3n) is 5.97. The number of piperazine rings is 1. The molecule has 0 spiro atoms. The quantitative estimate of drug-likeness (QED) is 0.593. The molecule has 0 unspecified atom stereocenters. The predicted molar refractivity (Wildman–Crippen MR) is 129 cm³/mol. The van der Waals surface area contributed by atoms with Crippen molar-refractivity contribution in [2.75, 3.05) is 41.7 Å². The Balaban J connectivity index is 1.38. The number of aromatic nitrogens is 2. The van der Waals surface area contributed by atoms with Crippen LogP contribution >= 0.6 is 11.6 Å². The number of hydrogen-bond acceptors (Lipinski definition) is 6. The summed E-state index contributed by atoms with van der Waals surface area (Å²) in [5.41, 5.74) is 10.8. The second-order valence-corrected chi connectivity index (χ2v) is 8.50. The number of hydrogen-bond donors (Lipinski definition) is 2. The van der Waals surface area contributed by atoms with Crippen LogP contribution in [0.4, 0.5) is 21.8 Å². The maximum absolute atomic E-state index is 13.3. The fraction of sp³-hybridized carbons (Fsp3) is 0.292. The summed E-state index contributed by atoms with van der Waals surface area (Å²) in [5, 5.41) is 2.74. The van der Waals surface area contributed by atoms with Crippen LogP contribution in [0.5, 0.6) is 0 Å². The first-order valence-corrected chi connectivity index (χ1v) is 11.1. The van der Waals surface area contributed by atoms with Crippen LogP contribution in [0.15, 0.2) is 42.6 Å². The van der Waals surface area contributed by atoms with Gasteiger partial charge in [-0.1, -0.05) is 29.8 Å². The van der Waals surface area contributed by atoms with Gasteiger partial charge in [0.05, 0.1) is 10.6 Å². The van der Waals surface area contributed by atoms with Crippen molar-refractivity contribution in [2.45, 2.75) is 20.4 Å². The van der Waals surface area contributed by atoms with Crippen LogP contribution in [0.1, 0.15) is 27.0 Å². The molecule has 1 saturated heterocycles. The molecule has 1 aromatic heterocycles. The van der Waals surface area contributed by atoms with Crippen LogP contribution in [-0.4, -0.2) is 42.1 Å². The number of halogens is 2. The Morgan fingerprint density at radius 1 is 1.15 bits per heavy atom. The smallest absolute Gasteiger partial charge is 0.256 e. The monoisotopic (exact) mass is 468 g/mol. The summed E-state index contributed by atoms with van der Waals surface area (Å²) in [5.74, 6) is -0.282. The van der Waals surface area contributed by atoms with Gasteiger partial charge in [0.2, 0.25) is 5.95 Å². The van der Waals surface area contributed by atoms with E-state index in [1.165, 1.54) is 35.1 Å².